The molecular formula is C21H32IN5O2. The Morgan fingerprint density at radius 3 is 2.38 bits per heavy atom. The van der Waals surface area contributed by atoms with Crippen LogP contribution in [0.5, 0.6) is 0 Å². The molecule has 160 valence electrons. The molecule has 3 rings (SSSR count). The minimum Gasteiger partial charge on any atom is -0.378 e. The summed E-state index contributed by atoms with van der Waals surface area (Å²) >= 11 is 0. The third-order valence-electron chi connectivity index (χ3n) is 5.04. The van der Waals surface area contributed by atoms with E-state index in [1.54, 1.807) is 7.05 Å². The SMILES string of the molecule is CCc1noc(CC)c1CNC(=NC)NCc1ccc(N2CCOCC2)cc1.I. The van der Waals surface area contributed by atoms with Crippen LogP contribution in [0, 0.1) is 0 Å². The highest BCUT2D eigenvalue weighted by molar-refractivity contribution is 14.0. The highest BCUT2D eigenvalue weighted by Gasteiger charge is 2.14. The van der Waals surface area contributed by atoms with Crippen LogP contribution in [0.4, 0.5) is 5.69 Å². The molecule has 2 heterocycles. The summed E-state index contributed by atoms with van der Waals surface area (Å²) in [7, 11) is 1.78. The molecule has 2 N–H and O–H groups in total. The first-order chi connectivity index (χ1) is 13.7. The summed E-state index contributed by atoms with van der Waals surface area (Å²) in [6, 6.07) is 8.68. The van der Waals surface area contributed by atoms with Crippen LogP contribution in [0.2, 0.25) is 0 Å². The van der Waals surface area contributed by atoms with Gasteiger partial charge in [0.15, 0.2) is 5.96 Å². The van der Waals surface area contributed by atoms with Gasteiger partial charge in [-0.25, -0.2) is 0 Å². The number of aliphatic imine (C=N–C) groups is 1. The monoisotopic (exact) mass is 513 g/mol. The maximum atomic E-state index is 5.43. The molecule has 0 atom stereocenters. The van der Waals surface area contributed by atoms with E-state index in [2.05, 4.69) is 63.8 Å². The Balaban J connectivity index is 0.00000300. The van der Waals surface area contributed by atoms with E-state index in [-0.39, 0.29) is 24.0 Å². The fourth-order valence-corrected chi connectivity index (χ4v) is 3.36. The lowest BCUT2D eigenvalue weighted by Crippen LogP contribution is -2.37. The van der Waals surface area contributed by atoms with Crippen molar-refractivity contribution in [1.82, 2.24) is 15.8 Å². The summed E-state index contributed by atoms with van der Waals surface area (Å²) in [4.78, 5) is 6.68. The van der Waals surface area contributed by atoms with Crippen molar-refractivity contribution < 1.29 is 9.26 Å². The Bertz CT molecular complexity index is 748. The molecule has 8 heteroatoms. The number of rotatable bonds is 7. The van der Waals surface area contributed by atoms with Gasteiger partial charge in [0.2, 0.25) is 0 Å². The normalized spacial score (nSPS) is 14.4. The van der Waals surface area contributed by atoms with Gasteiger partial charge in [0, 0.05) is 50.9 Å². The van der Waals surface area contributed by atoms with E-state index < -0.39 is 0 Å². The first-order valence-electron chi connectivity index (χ1n) is 10.1. The zero-order valence-corrected chi connectivity index (χ0v) is 19.9. The second-order valence-corrected chi connectivity index (χ2v) is 6.78. The number of aromatic nitrogens is 1. The lowest BCUT2D eigenvalue weighted by molar-refractivity contribution is 0.122. The third-order valence-corrected chi connectivity index (χ3v) is 5.04. The Kier molecular flexibility index (Phi) is 9.72. The van der Waals surface area contributed by atoms with Gasteiger partial charge in [-0.2, -0.15) is 0 Å². The molecule has 0 spiro atoms. The molecule has 1 aliphatic rings. The predicted octanol–water partition coefficient (Wildman–Crippen LogP) is 3.12. The van der Waals surface area contributed by atoms with Gasteiger partial charge in [0.05, 0.1) is 18.9 Å². The maximum Gasteiger partial charge on any atom is 0.191 e. The number of anilines is 1. The number of ether oxygens (including phenoxy) is 1. The van der Waals surface area contributed by atoms with Gasteiger partial charge in [-0.1, -0.05) is 31.1 Å². The van der Waals surface area contributed by atoms with Crippen molar-refractivity contribution in [2.45, 2.75) is 39.8 Å². The molecule has 7 nitrogen and oxygen atoms in total. The molecule has 0 bridgehead atoms. The van der Waals surface area contributed by atoms with Crippen LogP contribution in [0.1, 0.15) is 36.4 Å². The summed E-state index contributed by atoms with van der Waals surface area (Å²) in [5, 5.41) is 10.9. The van der Waals surface area contributed by atoms with Gasteiger partial charge in [0.1, 0.15) is 5.76 Å². The number of hydrogen-bond donors (Lipinski definition) is 2. The van der Waals surface area contributed by atoms with Crippen molar-refractivity contribution in [3.63, 3.8) is 0 Å². The van der Waals surface area contributed by atoms with Gasteiger partial charge in [0.25, 0.3) is 0 Å². The second-order valence-electron chi connectivity index (χ2n) is 6.78. The fourth-order valence-electron chi connectivity index (χ4n) is 3.36. The van der Waals surface area contributed by atoms with E-state index in [4.69, 9.17) is 9.26 Å². The molecule has 1 saturated heterocycles. The van der Waals surface area contributed by atoms with Crippen LogP contribution in [0.3, 0.4) is 0 Å². The lowest BCUT2D eigenvalue weighted by atomic mass is 10.1. The topological polar surface area (TPSA) is 74.9 Å². The zero-order valence-electron chi connectivity index (χ0n) is 17.5. The number of morpholine rings is 1. The van der Waals surface area contributed by atoms with Crippen LogP contribution in [-0.2, 0) is 30.7 Å². The summed E-state index contributed by atoms with van der Waals surface area (Å²) in [5.41, 5.74) is 4.62. The average molecular weight is 513 g/mol. The summed E-state index contributed by atoms with van der Waals surface area (Å²) in [6.07, 6.45) is 1.70. The Hall–Kier alpha value is -1.81. The van der Waals surface area contributed by atoms with E-state index in [9.17, 15) is 0 Å². The molecule has 2 aromatic rings. The molecule has 0 aliphatic carbocycles. The van der Waals surface area contributed by atoms with Crippen LogP contribution >= 0.6 is 24.0 Å². The van der Waals surface area contributed by atoms with Gasteiger partial charge in [-0.05, 0) is 24.1 Å². The van der Waals surface area contributed by atoms with E-state index in [1.165, 1.54) is 11.3 Å². The van der Waals surface area contributed by atoms with Crippen molar-refractivity contribution in [2.75, 3.05) is 38.3 Å². The quantitative estimate of drug-likeness (QED) is 0.337. The Labute approximate surface area is 190 Å². The molecule has 0 radical (unpaired) electrons. The lowest BCUT2D eigenvalue weighted by Gasteiger charge is -2.28. The van der Waals surface area contributed by atoms with Crippen molar-refractivity contribution in [3.05, 3.63) is 46.8 Å². The average Bonchev–Trinajstić information content (AvgIpc) is 3.17. The van der Waals surface area contributed by atoms with Crippen molar-refractivity contribution in [2.24, 2.45) is 4.99 Å². The van der Waals surface area contributed by atoms with Crippen LogP contribution in [-0.4, -0.2) is 44.5 Å². The maximum absolute atomic E-state index is 5.43. The van der Waals surface area contributed by atoms with Gasteiger partial charge >= 0.3 is 0 Å². The number of nitrogens with one attached hydrogen (secondary N) is 2. The molecule has 1 aromatic carbocycles. The number of aryl methyl sites for hydroxylation is 2. The zero-order chi connectivity index (χ0) is 19.8. The van der Waals surface area contributed by atoms with Gasteiger partial charge in [-0.15, -0.1) is 24.0 Å². The third kappa shape index (κ3) is 6.33. The van der Waals surface area contributed by atoms with Crippen molar-refractivity contribution >= 4 is 35.6 Å². The van der Waals surface area contributed by atoms with Crippen LogP contribution < -0.4 is 15.5 Å². The second kappa shape index (κ2) is 12.0. The molecule has 1 aliphatic heterocycles. The Morgan fingerprint density at radius 2 is 1.76 bits per heavy atom. The summed E-state index contributed by atoms with van der Waals surface area (Å²) < 4.78 is 10.8. The number of benzene rings is 1. The van der Waals surface area contributed by atoms with E-state index in [1.807, 2.05) is 0 Å². The van der Waals surface area contributed by atoms with Crippen LogP contribution in [0.25, 0.3) is 0 Å². The van der Waals surface area contributed by atoms with E-state index >= 15 is 0 Å². The molecule has 1 fully saturated rings. The smallest absolute Gasteiger partial charge is 0.191 e. The highest BCUT2D eigenvalue weighted by atomic mass is 127. The van der Waals surface area contributed by atoms with Gasteiger partial charge < -0.3 is 24.8 Å². The molecule has 0 unspecified atom stereocenters. The molecule has 0 saturated carbocycles. The molecular weight excluding hydrogens is 481 g/mol. The molecule has 0 amide bonds. The largest absolute Gasteiger partial charge is 0.378 e. The predicted molar refractivity (Wildman–Crippen MR) is 127 cm³/mol. The van der Waals surface area contributed by atoms with Crippen LogP contribution in [0.15, 0.2) is 33.8 Å². The van der Waals surface area contributed by atoms with E-state index in [0.717, 1.165) is 62.1 Å². The number of hydrogen-bond acceptors (Lipinski definition) is 5. The van der Waals surface area contributed by atoms with Crippen molar-refractivity contribution in [3.8, 4) is 0 Å². The molecule has 29 heavy (non-hydrogen) atoms. The fraction of sp³-hybridized carbons (Fsp3) is 0.524. The Morgan fingerprint density at radius 1 is 1.07 bits per heavy atom. The first-order valence-corrected chi connectivity index (χ1v) is 10.1. The van der Waals surface area contributed by atoms with Gasteiger partial charge in [-0.3, -0.25) is 4.99 Å². The van der Waals surface area contributed by atoms with E-state index in [0.29, 0.717) is 13.1 Å². The summed E-state index contributed by atoms with van der Waals surface area (Å²) in [5.74, 6) is 1.71. The number of guanidine groups is 1. The first kappa shape index (κ1) is 23.5. The molecule has 1 aromatic heterocycles. The standard InChI is InChI=1S/C21H31N5O2.HI/c1-4-19-18(20(5-2)28-25-19)15-24-21(22-3)23-14-16-6-8-17(9-7-16)26-10-12-27-13-11-26;/h6-9H,4-5,10-15H2,1-3H3,(H2,22,23,24);1H. The van der Waals surface area contributed by atoms with Crippen molar-refractivity contribution in [1.29, 1.82) is 0 Å². The minimum absolute atomic E-state index is 0. The number of halogens is 1. The number of nitrogens with zero attached hydrogens (tertiary/aromatic N) is 3. The summed E-state index contributed by atoms with van der Waals surface area (Å²) in [6.45, 7) is 9.06. The minimum atomic E-state index is 0. The highest BCUT2D eigenvalue weighted by Crippen LogP contribution is 2.17.